The summed E-state index contributed by atoms with van der Waals surface area (Å²) in [4.78, 5) is 21.5. The molecule has 4 aromatic rings. The molecule has 0 radical (unpaired) electrons. The number of carbonyl (C=O) groups excluding carboxylic acids is 1. The molecule has 0 saturated carbocycles. The number of hydrogen-bond donors (Lipinski definition) is 2. The van der Waals surface area contributed by atoms with E-state index in [4.69, 9.17) is 27.9 Å². The van der Waals surface area contributed by atoms with Crippen molar-refractivity contribution in [2.24, 2.45) is 0 Å². The van der Waals surface area contributed by atoms with Crippen molar-refractivity contribution in [1.29, 1.82) is 0 Å². The van der Waals surface area contributed by atoms with Crippen molar-refractivity contribution in [3.8, 4) is 17.0 Å². The van der Waals surface area contributed by atoms with Gasteiger partial charge >= 0.3 is 0 Å². The number of amides is 1. The van der Waals surface area contributed by atoms with Crippen LogP contribution in [-0.2, 0) is 6.54 Å². The number of ether oxygens (including phenoxy) is 1. The Balaban J connectivity index is 1.51. The van der Waals surface area contributed by atoms with Gasteiger partial charge in [-0.25, -0.2) is 9.97 Å². The first-order valence-electron chi connectivity index (χ1n) is 10.9. The average Bonchev–Trinajstić information content (AvgIpc) is 3.34. The maximum atomic E-state index is 12.7. The van der Waals surface area contributed by atoms with Crippen molar-refractivity contribution < 1.29 is 9.53 Å². The molecule has 2 N–H and O–H groups in total. The Hall–Kier alpha value is -3.62. The Morgan fingerprint density at radius 1 is 1.14 bits per heavy atom. The van der Waals surface area contributed by atoms with Gasteiger partial charge in [-0.1, -0.05) is 35.3 Å². The lowest BCUT2D eigenvalue weighted by molar-refractivity contribution is 0.0950. The van der Waals surface area contributed by atoms with E-state index < -0.39 is 0 Å². The predicted molar refractivity (Wildman–Crippen MR) is 138 cm³/mol. The molecule has 2 heterocycles. The van der Waals surface area contributed by atoms with Gasteiger partial charge in [0, 0.05) is 34.9 Å². The fourth-order valence-corrected chi connectivity index (χ4v) is 3.77. The monoisotopic (exact) mass is 510 g/mol. The van der Waals surface area contributed by atoms with E-state index in [0.717, 1.165) is 11.1 Å². The molecule has 0 fully saturated rings. The molecule has 35 heavy (non-hydrogen) atoms. The summed E-state index contributed by atoms with van der Waals surface area (Å²) in [6.45, 7) is 4.44. The first-order valence-corrected chi connectivity index (χ1v) is 11.6. The number of rotatable bonds is 8. The van der Waals surface area contributed by atoms with Gasteiger partial charge in [0.15, 0.2) is 0 Å². The molecular formula is C25H24Cl2N6O2. The third-order valence-electron chi connectivity index (χ3n) is 5.20. The van der Waals surface area contributed by atoms with Gasteiger partial charge in [-0.2, -0.15) is 5.10 Å². The molecule has 0 spiro atoms. The molecule has 10 heteroatoms. The predicted octanol–water partition coefficient (Wildman–Crippen LogP) is 5.91. The lowest BCUT2D eigenvalue weighted by Gasteiger charge is -2.13. The van der Waals surface area contributed by atoms with Crippen LogP contribution in [0.2, 0.25) is 10.0 Å². The van der Waals surface area contributed by atoms with Crippen molar-refractivity contribution >= 4 is 40.7 Å². The summed E-state index contributed by atoms with van der Waals surface area (Å²) in [6, 6.07) is 12.6. The molecule has 0 aliphatic rings. The van der Waals surface area contributed by atoms with Crippen LogP contribution in [0.3, 0.4) is 0 Å². The second-order valence-electron chi connectivity index (χ2n) is 8.05. The van der Waals surface area contributed by atoms with Crippen LogP contribution in [0.5, 0.6) is 5.75 Å². The van der Waals surface area contributed by atoms with Gasteiger partial charge in [0.2, 0.25) is 5.95 Å². The van der Waals surface area contributed by atoms with Gasteiger partial charge in [0.05, 0.1) is 35.9 Å². The number of hydrogen-bond acceptors (Lipinski definition) is 6. The van der Waals surface area contributed by atoms with Crippen LogP contribution in [-0.4, -0.2) is 32.8 Å². The summed E-state index contributed by atoms with van der Waals surface area (Å²) in [5.74, 6) is 0.563. The molecule has 8 nitrogen and oxygen atoms in total. The highest BCUT2D eigenvalue weighted by Crippen LogP contribution is 2.31. The second kappa shape index (κ2) is 10.8. The number of carbonyl (C=O) groups is 1. The van der Waals surface area contributed by atoms with E-state index in [1.54, 1.807) is 30.5 Å². The Labute approximate surface area is 213 Å². The van der Waals surface area contributed by atoms with Crippen LogP contribution in [0.15, 0.2) is 61.1 Å². The van der Waals surface area contributed by atoms with Crippen LogP contribution >= 0.6 is 23.2 Å². The Morgan fingerprint density at radius 3 is 2.69 bits per heavy atom. The number of anilines is 2. The molecule has 0 saturated heterocycles. The summed E-state index contributed by atoms with van der Waals surface area (Å²) in [5, 5.41) is 11.4. The fraction of sp³-hybridized carbons (Fsp3) is 0.200. The highest BCUT2D eigenvalue weighted by Gasteiger charge is 2.14. The molecule has 0 atom stereocenters. The number of methoxy groups -OCH3 is 1. The number of nitrogens with one attached hydrogen (secondary N) is 2. The van der Waals surface area contributed by atoms with E-state index >= 15 is 0 Å². The Morgan fingerprint density at radius 2 is 1.97 bits per heavy atom. The van der Waals surface area contributed by atoms with Crippen molar-refractivity contribution in [2.45, 2.75) is 26.4 Å². The third kappa shape index (κ3) is 5.90. The van der Waals surface area contributed by atoms with Crippen molar-refractivity contribution in [1.82, 2.24) is 25.1 Å². The number of nitrogens with zero attached hydrogens (tertiary/aromatic N) is 4. The average molecular weight is 511 g/mol. The molecule has 0 aliphatic carbocycles. The fourth-order valence-electron chi connectivity index (χ4n) is 3.36. The molecule has 1 amide bonds. The summed E-state index contributed by atoms with van der Waals surface area (Å²) in [6.07, 6.45) is 5.14. The van der Waals surface area contributed by atoms with Crippen LogP contribution in [0.25, 0.3) is 11.3 Å². The zero-order chi connectivity index (χ0) is 24.9. The highest BCUT2D eigenvalue weighted by molar-refractivity contribution is 6.32. The van der Waals surface area contributed by atoms with Gasteiger partial charge in [-0.3, -0.25) is 9.48 Å². The minimum Gasteiger partial charge on any atom is -0.495 e. The first kappa shape index (κ1) is 24.5. The molecule has 4 rings (SSSR count). The zero-order valence-electron chi connectivity index (χ0n) is 19.4. The van der Waals surface area contributed by atoms with Gasteiger partial charge in [-0.05, 0) is 49.7 Å². The van der Waals surface area contributed by atoms with E-state index in [1.165, 1.54) is 13.3 Å². The standard InChI is InChI=1S/C25H24Cl2N6O2/c1-15(2)33-14-18(12-30-33)23-20(27)13-29-25(32-23)31-21-8-7-17(10-22(21)35-3)24(34)28-11-16-5-4-6-19(26)9-16/h4-10,12-15H,11H2,1-3H3,(H,28,34)(H,29,31,32). The summed E-state index contributed by atoms with van der Waals surface area (Å²) >= 11 is 12.4. The summed E-state index contributed by atoms with van der Waals surface area (Å²) < 4.78 is 7.33. The maximum absolute atomic E-state index is 12.7. The number of aromatic nitrogens is 4. The topological polar surface area (TPSA) is 94.0 Å². The number of halogens is 2. The largest absolute Gasteiger partial charge is 0.495 e. The number of benzene rings is 2. The molecule has 0 unspecified atom stereocenters. The molecule has 0 bridgehead atoms. The van der Waals surface area contributed by atoms with E-state index in [9.17, 15) is 4.79 Å². The van der Waals surface area contributed by atoms with Gasteiger partial charge in [-0.15, -0.1) is 0 Å². The maximum Gasteiger partial charge on any atom is 0.251 e. The van der Waals surface area contributed by atoms with Gasteiger partial charge < -0.3 is 15.4 Å². The minimum absolute atomic E-state index is 0.215. The smallest absolute Gasteiger partial charge is 0.251 e. The minimum atomic E-state index is -0.234. The molecule has 0 aliphatic heterocycles. The highest BCUT2D eigenvalue weighted by atomic mass is 35.5. The quantitative estimate of drug-likeness (QED) is 0.306. The molecule has 2 aromatic heterocycles. The van der Waals surface area contributed by atoms with Crippen molar-refractivity contribution in [3.05, 3.63) is 82.2 Å². The normalized spacial score (nSPS) is 10.9. The van der Waals surface area contributed by atoms with E-state index in [0.29, 0.717) is 45.2 Å². The van der Waals surface area contributed by atoms with Crippen molar-refractivity contribution in [2.75, 3.05) is 12.4 Å². The lowest BCUT2D eigenvalue weighted by Crippen LogP contribution is -2.22. The lowest BCUT2D eigenvalue weighted by atomic mass is 10.1. The van der Waals surface area contributed by atoms with Crippen molar-refractivity contribution in [3.63, 3.8) is 0 Å². The van der Waals surface area contributed by atoms with Crippen LogP contribution < -0.4 is 15.4 Å². The van der Waals surface area contributed by atoms with Gasteiger partial charge in [0.1, 0.15) is 5.75 Å². The molecule has 2 aromatic carbocycles. The van der Waals surface area contributed by atoms with E-state index in [-0.39, 0.29) is 11.9 Å². The first-order chi connectivity index (χ1) is 16.8. The van der Waals surface area contributed by atoms with Gasteiger partial charge in [0.25, 0.3) is 5.91 Å². The van der Waals surface area contributed by atoms with E-state index in [1.807, 2.05) is 42.9 Å². The third-order valence-corrected chi connectivity index (χ3v) is 5.71. The summed E-state index contributed by atoms with van der Waals surface area (Å²) in [5.41, 5.74) is 3.31. The van der Waals surface area contributed by atoms with Crippen LogP contribution in [0.1, 0.15) is 35.8 Å². The Bertz CT molecular complexity index is 1360. The summed E-state index contributed by atoms with van der Waals surface area (Å²) in [7, 11) is 1.53. The zero-order valence-corrected chi connectivity index (χ0v) is 20.9. The SMILES string of the molecule is COc1cc(C(=O)NCc2cccc(Cl)c2)ccc1Nc1ncc(Cl)c(-c2cnn(C(C)C)c2)n1. The Kier molecular flexibility index (Phi) is 7.53. The van der Waals surface area contributed by atoms with E-state index in [2.05, 4.69) is 25.7 Å². The molecule has 180 valence electrons. The van der Waals surface area contributed by atoms with Crippen LogP contribution in [0, 0.1) is 0 Å². The van der Waals surface area contributed by atoms with Crippen LogP contribution in [0.4, 0.5) is 11.6 Å². The second-order valence-corrected chi connectivity index (χ2v) is 8.89. The molecular weight excluding hydrogens is 487 g/mol.